The van der Waals surface area contributed by atoms with Crippen molar-refractivity contribution < 1.29 is 9.53 Å². The van der Waals surface area contributed by atoms with Crippen LogP contribution in [0, 0.1) is 6.92 Å². The number of carbonyl (C=O) groups is 1. The molecule has 0 aliphatic heterocycles. The van der Waals surface area contributed by atoms with E-state index < -0.39 is 0 Å². The summed E-state index contributed by atoms with van der Waals surface area (Å²) in [7, 11) is 3.40. The lowest BCUT2D eigenvalue weighted by Gasteiger charge is -2.05. The van der Waals surface area contributed by atoms with Crippen molar-refractivity contribution in [1.82, 2.24) is 4.57 Å². The highest BCUT2D eigenvalue weighted by Crippen LogP contribution is 2.26. The summed E-state index contributed by atoms with van der Waals surface area (Å²) in [5.74, 6) is -0.00825. The van der Waals surface area contributed by atoms with Gasteiger partial charge in [-0.15, -0.1) is 0 Å². The van der Waals surface area contributed by atoms with E-state index in [4.69, 9.17) is 4.74 Å². The van der Waals surface area contributed by atoms with Gasteiger partial charge in [0.25, 0.3) is 0 Å². The molecule has 1 aromatic heterocycles. The first-order valence-corrected chi connectivity index (χ1v) is 6.05. The fourth-order valence-electron chi connectivity index (χ4n) is 2.06. The van der Waals surface area contributed by atoms with Crippen molar-refractivity contribution >= 4 is 5.78 Å². The Labute approximate surface area is 113 Å². The smallest absolute Gasteiger partial charge is 0.228 e. The molecule has 0 aliphatic rings. The Morgan fingerprint density at radius 1 is 1.26 bits per heavy atom. The van der Waals surface area contributed by atoms with Crippen LogP contribution in [-0.2, 0) is 11.8 Å². The maximum atomic E-state index is 12.2. The number of aromatic nitrogens is 1. The molecule has 0 spiro atoms. The van der Waals surface area contributed by atoms with Crippen LogP contribution < -0.4 is 0 Å². The minimum absolute atomic E-state index is 0.160. The molecule has 0 bridgehead atoms. The molecule has 3 heteroatoms. The molecule has 1 heterocycles. The number of allylic oxidation sites excluding steroid dienone is 1. The van der Waals surface area contributed by atoms with Crippen molar-refractivity contribution in [2.45, 2.75) is 6.92 Å². The van der Waals surface area contributed by atoms with Crippen molar-refractivity contribution in [1.29, 1.82) is 0 Å². The van der Waals surface area contributed by atoms with E-state index in [0.717, 1.165) is 17.0 Å². The average Bonchev–Trinajstić information content (AvgIpc) is 2.75. The standard InChI is InChI=1S/C16H17NO2/c1-11-14(16(18)12(2)19-4)10-15(17(11)3)13-8-6-5-7-9-13/h5-10H,2H2,1,3-4H3. The second-order valence-corrected chi connectivity index (χ2v) is 4.41. The highest BCUT2D eigenvalue weighted by atomic mass is 16.5. The maximum absolute atomic E-state index is 12.2. The van der Waals surface area contributed by atoms with Gasteiger partial charge >= 0.3 is 0 Å². The summed E-state index contributed by atoms with van der Waals surface area (Å²) < 4.78 is 6.93. The third kappa shape index (κ3) is 2.32. The number of hydrogen-bond donors (Lipinski definition) is 0. The summed E-state index contributed by atoms with van der Waals surface area (Å²) in [6.07, 6.45) is 0. The zero-order chi connectivity index (χ0) is 14.0. The number of ether oxygens (including phenoxy) is 1. The topological polar surface area (TPSA) is 31.2 Å². The molecule has 0 unspecified atom stereocenters. The normalized spacial score (nSPS) is 10.3. The van der Waals surface area contributed by atoms with E-state index in [1.54, 1.807) is 0 Å². The van der Waals surface area contributed by atoms with Crippen molar-refractivity contribution in [2.24, 2.45) is 7.05 Å². The molecule has 19 heavy (non-hydrogen) atoms. The molecule has 0 amide bonds. The number of methoxy groups -OCH3 is 1. The summed E-state index contributed by atoms with van der Waals surface area (Å²) in [5, 5.41) is 0. The molecule has 3 nitrogen and oxygen atoms in total. The lowest BCUT2D eigenvalue weighted by atomic mass is 10.1. The van der Waals surface area contributed by atoms with Crippen LogP contribution in [-0.4, -0.2) is 17.5 Å². The summed E-state index contributed by atoms with van der Waals surface area (Å²) in [5.41, 5.74) is 3.62. The number of nitrogens with zero attached hydrogens (tertiary/aromatic N) is 1. The van der Waals surface area contributed by atoms with Crippen LogP contribution in [0.3, 0.4) is 0 Å². The van der Waals surface area contributed by atoms with Crippen molar-refractivity contribution in [3.63, 3.8) is 0 Å². The minimum Gasteiger partial charge on any atom is -0.493 e. The van der Waals surface area contributed by atoms with Gasteiger partial charge in [-0.3, -0.25) is 4.79 Å². The zero-order valence-electron chi connectivity index (χ0n) is 11.4. The first kappa shape index (κ1) is 13.1. The van der Waals surface area contributed by atoms with E-state index in [2.05, 4.69) is 6.58 Å². The molecule has 98 valence electrons. The first-order chi connectivity index (χ1) is 9.06. The van der Waals surface area contributed by atoms with Crippen molar-refractivity contribution in [3.05, 3.63) is 60.0 Å². The predicted octanol–water partition coefficient (Wildman–Crippen LogP) is 3.34. The number of Topliss-reactive ketones (excluding diaryl/α,β-unsaturated/α-hetero) is 1. The largest absolute Gasteiger partial charge is 0.493 e. The van der Waals surface area contributed by atoms with E-state index in [1.807, 2.05) is 54.9 Å². The molecule has 0 radical (unpaired) electrons. The summed E-state index contributed by atoms with van der Waals surface area (Å²) in [6, 6.07) is 11.9. The Bertz CT molecular complexity index is 624. The van der Waals surface area contributed by atoms with Crippen LogP contribution >= 0.6 is 0 Å². The highest BCUT2D eigenvalue weighted by Gasteiger charge is 2.19. The molecule has 1 aromatic carbocycles. The highest BCUT2D eigenvalue weighted by molar-refractivity contribution is 6.08. The summed E-state index contributed by atoms with van der Waals surface area (Å²) >= 11 is 0. The molecule has 0 N–H and O–H groups in total. The summed E-state index contributed by atoms with van der Waals surface area (Å²) in [4.78, 5) is 12.2. The number of benzene rings is 1. The number of ketones is 1. The minimum atomic E-state index is -0.169. The van der Waals surface area contributed by atoms with Crippen LogP contribution in [0.4, 0.5) is 0 Å². The molecule has 2 rings (SSSR count). The van der Waals surface area contributed by atoms with E-state index in [9.17, 15) is 4.79 Å². The second-order valence-electron chi connectivity index (χ2n) is 4.41. The molecule has 0 aliphatic carbocycles. The van der Waals surface area contributed by atoms with Gasteiger partial charge in [0.1, 0.15) is 0 Å². The van der Waals surface area contributed by atoms with Crippen LogP contribution in [0.2, 0.25) is 0 Å². The Morgan fingerprint density at radius 3 is 2.47 bits per heavy atom. The lowest BCUT2D eigenvalue weighted by molar-refractivity contribution is 0.0954. The third-order valence-electron chi connectivity index (χ3n) is 3.35. The monoisotopic (exact) mass is 255 g/mol. The SMILES string of the molecule is C=C(OC)C(=O)c1cc(-c2ccccc2)n(C)c1C. The van der Waals surface area contributed by atoms with Gasteiger partial charge in [-0.2, -0.15) is 0 Å². The first-order valence-electron chi connectivity index (χ1n) is 6.05. The van der Waals surface area contributed by atoms with E-state index in [1.165, 1.54) is 7.11 Å². The Balaban J connectivity index is 2.51. The predicted molar refractivity (Wildman–Crippen MR) is 76.1 cm³/mol. The second kappa shape index (κ2) is 5.14. The van der Waals surface area contributed by atoms with E-state index >= 15 is 0 Å². The number of rotatable bonds is 4. The molecule has 0 fully saturated rings. The van der Waals surface area contributed by atoms with Crippen molar-refractivity contribution in [2.75, 3.05) is 7.11 Å². The van der Waals surface area contributed by atoms with Gasteiger partial charge in [-0.05, 0) is 18.6 Å². The summed E-state index contributed by atoms with van der Waals surface area (Å²) in [6.45, 7) is 5.54. The Morgan fingerprint density at radius 2 is 1.89 bits per heavy atom. The van der Waals surface area contributed by atoms with Crippen LogP contribution in [0.1, 0.15) is 16.1 Å². The fraction of sp³-hybridized carbons (Fsp3) is 0.188. The van der Waals surface area contributed by atoms with Crippen LogP contribution in [0.25, 0.3) is 11.3 Å². The van der Waals surface area contributed by atoms with Gasteiger partial charge in [0.05, 0.1) is 7.11 Å². The van der Waals surface area contributed by atoms with Gasteiger partial charge in [0.2, 0.25) is 5.78 Å². The fourth-order valence-corrected chi connectivity index (χ4v) is 2.06. The van der Waals surface area contributed by atoms with Gasteiger partial charge in [-0.1, -0.05) is 36.9 Å². The van der Waals surface area contributed by atoms with Gasteiger partial charge < -0.3 is 9.30 Å². The molecular weight excluding hydrogens is 238 g/mol. The Hall–Kier alpha value is -2.29. The number of carbonyl (C=O) groups excluding carboxylic acids is 1. The molecule has 0 atom stereocenters. The van der Waals surface area contributed by atoms with Gasteiger partial charge in [0.15, 0.2) is 5.76 Å². The molecular formula is C16H17NO2. The average molecular weight is 255 g/mol. The maximum Gasteiger partial charge on any atom is 0.228 e. The van der Waals surface area contributed by atoms with Gasteiger partial charge in [-0.25, -0.2) is 0 Å². The van der Waals surface area contributed by atoms with Crippen LogP contribution in [0.5, 0.6) is 0 Å². The Kier molecular flexibility index (Phi) is 3.56. The molecule has 0 saturated heterocycles. The third-order valence-corrected chi connectivity index (χ3v) is 3.35. The molecule has 2 aromatic rings. The van der Waals surface area contributed by atoms with Gasteiger partial charge in [0, 0.05) is 24.0 Å². The molecule has 0 saturated carbocycles. The van der Waals surface area contributed by atoms with E-state index in [0.29, 0.717) is 5.56 Å². The zero-order valence-corrected chi connectivity index (χ0v) is 11.4. The van der Waals surface area contributed by atoms with E-state index in [-0.39, 0.29) is 11.5 Å². The van der Waals surface area contributed by atoms with Crippen LogP contribution in [0.15, 0.2) is 48.7 Å². The van der Waals surface area contributed by atoms with Crippen molar-refractivity contribution in [3.8, 4) is 11.3 Å². The number of hydrogen-bond acceptors (Lipinski definition) is 2. The quantitative estimate of drug-likeness (QED) is 0.476. The lowest BCUT2D eigenvalue weighted by Crippen LogP contribution is -2.05.